The van der Waals surface area contributed by atoms with Gasteiger partial charge >= 0.3 is 6.09 Å². The van der Waals surface area contributed by atoms with Gasteiger partial charge in [0.25, 0.3) is 5.69 Å². The molecule has 120 valence electrons. The van der Waals surface area contributed by atoms with Crippen molar-refractivity contribution in [2.45, 2.75) is 19.4 Å². The highest BCUT2D eigenvalue weighted by atomic mass is 16.6. The largest absolute Gasteiger partial charge is 0.445 e. The first kappa shape index (κ1) is 16.2. The molecule has 7 heteroatoms. The first-order chi connectivity index (χ1) is 10.6. The molecule has 2 rings (SSSR count). The average molecular weight is 307 g/mol. The summed E-state index contributed by atoms with van der Waals surface area (Å²) in [6, 6.07) is 5.99. The van der Waals surface area contributed by atoms with Crippen LogP contribution in [0.25, 0.3) is 0 Å². The Morgan fingerprint density at radius 3 is 2.77 bits per heavy atom. The van der Waals surface area contributed by atoms with Gasteiger partial charge in [-0.25, -0.2) is 4.79 Å². The number of hydrogen-bond acceptors (Lipinski definition) is 5. The minimum atomic E-state index is -0.457. The zero-order valence-corrected chi connectivity index (χ0v) is 12.7. The lowest BCUT2D eigenvalue weighted by molar-refractivity contribution is -0.384. The Bertz CT molecular complexity index is 512. The van der Waals surface area contributed by atoms with E-state index < -0.39 is 4.92 Å². The Kier molecular flexibility index (Phi) is 5.71. The van der Waals surface area contributed by atoms with E-state index in [-0.39, 0.29) is 18.4 Å². The fourth-order valence-corrected chi connectivity index (χ4v) is 2.40. The Labute approximate surface area is 129 Å². The molecule has 1 aromatic carbocycles. The molecule has 1 aliphatic heterocycles. The van der Waals surface area contributed by atoms with Crippen LogP contribution in [-0.2, 0) is 11.3 Å². The molecule has 1 aliphatic rings. The summed E-state index contributed by atoms with van der Waals surface area (Å²) in [5.74, 6) is 0.630. The predicted molar refractivity (Wildman–Crippen MR) is 81.5 cm³/mol. The maximum Gasteiger partial charge on any atom is 0.409 e. The van der Waals surface area contributed by atoms with Crippen molar-refractivity contribution >= 4 is 11.8 Å². The maximum absolute atomic E-state index is 11.9. The molecule has 7 nitrogen and oxygen atoms in total. The van der Waals surface area contributed by atoms with Gasteiger partial charge in [0.05, 0.1) is 4.92 Å². The van der Waals surface area contributed by atoms with Crippen LogP contribution in [0, 0.1) is 16.0 Å². The van der Waals surface area contributed by atoms with E-state index in [1.54, 1.807) is 24.1 Å². The first-order valence-electron chi connectivity index (χ1n) is 7.38. The third-order valence-electron chi connectivity index (χ3n) is 3.86. The number of nitrogens with zero attached hydrogens (tertiary/aromatic N) is 2. The first-order valence-corrected chi connectivity index (χ1v) is 7.38. The number of nitro benzene ring substituents is 1. The third-order valence-corrected chi connectivity index (χ3v) is 3.86. The SMILES string of the molecule is CN(CC[C@H]1CCNC1)C(=O)OCc1ccc([N+](=O)[O-])cc1. The second-order valence-corrected chi connectivity index (χ2v) is 5.55. The van der Waals surface area contributed by atoms with E-state index in [0.29, 0.717) is 12.5 Å². The van der Waals surface area contributed by atoms with Crippen LogP contribution in [0.2, 0.25) is 0 Å². The molecule has 1 saturated heterocycles. The van der Waals surface area contributed by atoms with Gasteiger partial charge < -0.3 is 15.0 Å². The van der Waals surface area contributed by atoms with Crippen molar-refractivity contribution in [3.05, 3.63) is 39.9 Å². The van der Waals surface area contributed by atoms with Gasteiger partial charge in [0.1, 0.15) is 6.61 Å². The highest BCUT2D eigenvalue weighted by Crippen LogP contribution is 2.14. The number of benzene rings is 1. The quantitative estimate of drug-likeness (QED) is 0.643. The van der Waals surface area contributed by atoms with E-state index >= 15 is 0 Å². The number of amides is 1. The fourth-order valence-electron chi connectivity index (χ4n) is 2.40. The molecule has 1 amide bonds. The minimum Gasteiger partial charge on any atom is -0.445 e. The van der Waals surface area contributed by atoms with Gasteiger partial charge in [0.2, 0.25) is 0 Å². The number of rotatable bonds is 6. The van der Waals surface area contributed by atoms with E-state index in [1.165, 1.54) is 12.1 Å². The number of ether oxygens (including phenoxy) is 1. The van der Waals surface area contributed by atoms with Crippen molar-refractivity contribution in [3.63, 3.8) is 0 Å². The summed E-state index contributed by atoms with van der Waals surface area (Å²) in [5, 5.41) is 13.9. The number of nitrogens with one attached hydrogen (secondary N) is 1. The van der Waals surface area contributed by atoms with Crippen LogP contribution in [0.15, 0.2) is 24.3 Å². The van der Waals surface area contributed by atoms with Crippen LogP contribution in [0.1, 0.15) is 18.4 Å². The van der Waals surface area contributed by atoms with E-state index in [4.69, 9.17) is 4.74 Å². The van der Waals surface area contributed by atoms with Gasteiger partial charge in [-0.05, 0) is 49.5 Å². The van der Waals surface area contributed by atoms with Gasteiger partial charge in [-0.3, -0.25) is 10.1 Å². The lowest BCUT2D eigenvalue weighted by Crippen LogP contribution is -2.29. The van der Waals surface area contributed by atoms with Crippen LogP contribution in [0.3, 0.4) is 0 Å². The summed E-state index contributed by atoms with van der Waals surface area (Å²) in [6.45, 7) is 2.86. The second kappa shape index (κ2) is 7.74. The normalized spacial score (nSPS) is 17.2. The molecular formula is C15H21N3O4. The van der Waals surface area contributed by atoms with E-state index in [1.807, 2.05) is 0 Å². The number of non-ortho nitro benzene ring substituents is 1. The standard InChI is InChI=1S/C15H21N3O4/c1-17(9-7-12-6-8-16-10-12)15(19)22-11-13-2-4-14(5-3-13)18(20)21/h2-5,12,16H,6-11H2,1H3/t12-/m1/s1. The van der Waals surface area contributed by atoms with Crippen LogP contribution in [-0.4, -0.2) is 42.6 Å². The Hall–Kier alpha value is -2.15. The summed E-state index contributed by atoms with van der Waals surface area (Å²) in [7, 11) is 1.72. The van der Waals surface area contributed by atoms with E-state index in [2.05, 4.69) is 5.32 Å². The van der Waals surface area contributed by atoms with Gasteiger partial charge in [-0.15, -0.1) is 0 Å². The Morgan fingerprint density at radius 1 is 1.45 bits per heavy atom. The van der Waals surface area contributed by atoms with Crippen LogP contribution in [0.5, 0.6) is 0 Å². The highest BCUT2D eigenvalue weighted by Gasteiger charge is 2.17. The number of hydrogen-bond donors (Lipinski definition) is 1. The van der Waals surface area contributed by atoms with Crippen LogP contribution in [0.4, 0.5) is 10.5 Å². The highest BCUT2D eigenvalue weighted by molar-refractivity contribution is 5.67. The van der Waals surface area contributed by atoms with Gasteiger partial charge in [-0.1, -0.05) is 0 Å². The zero-order valence-electron chi connectivity index (χ0n) is 12.7. The lowest BCUT2D eigenvalue weighted by Gasteiger charge is -2.18. The predicted octanol–water partition coefficient (Wildman–Crippen LogP) is 2.16. The van der Waals surface area contributed by atoms with Crippen LogP contribution < -0.4 is 5.32 Å². The maximum atomic E-state index is 11.9. The average Bonchev–Trinajstić information content (AvgIpc) is 3.04. The van der Waals surface area contributed by atoms with Crippen molar-refractivity contribution in [2.75, 3.05) is 26.7 Å². The minimum absolute atomic E-state index is 0.0253. The molecule has 0 bridgehead atoms. The Morgan fingerprint density at radius 2 is 2.18 bits per heavy atom. The molecule has 0 spiro atoms. The van der Waals surface area contributed by atoms with Crippen LogP contribution >= 0.6 is 0 Å². The smallest absolute Gasteiger partial charge is 0.409 e. The Balaban J connectivity index is 1.72. The molecule has 0 aromatic heterocycles. The second-order valence-electron chi connectivity index (χ2n) is 5.55. The lowest BCUT2D eigenvalue weighted by atomic mass is 10.1. The molecule has 0 aliphatic carbocycles. The fraction of sp³-hybridized carbons (Fsp3) is 0.533. The van der Waals surface area contributed by atoms with Gasteiger partial charge in [0.15, 0.2) is 0 Å². The van der Waals surface area contributed by atoms with E-state index in [0.717, 1.165) is 31.5 Å². The summed E-state index contributed by atoms with van der Waals surface area (Å²) >= 11 is 0. The van der Waals surface area contributed by atoms with Gasteiger partial charge in [0, 0.05) is 25.7 Å². The number of carbonyl (C=O) groups is 1. The molecule has 1 aromatic rings. The number of carbonyl (C=O) groups excluding carboxylic acids is 1. The van der Waals surface area contributed by atoms with Crippen molar-refractivity contribution in [1.82, 2.24) is 10.2 Å². The van der Waals surface area contributed by atoms with Gasteiger partial charge in [-0.2, -0.15) is 0 Å². The van der Waals surface area contributed by atoms with E-state index in [9.17, 15) is 14.9 Å². The molecule has 0 unspecified atom stereocenters. The van der Waals surface area contributed by atoms with Crippen molar-refractivity contribution in [3.8, 4) is 0 Å². The molecule has 0 saturated carbocycles. The molecule has 22 heavy (non-hydrogen) atoms. The molecule has 1 fully saturated rings. The molecular weight excluding hydrogens is 286 g/mol. The molecule has 1 heterocycles. The monoisotopic (exact) mass is 307 g/mol. The van der Waals surface area contributed by atoms with Crippen molar-refractivity contribution in [1.29, 1.82) is 0 Å². The summed E-state index contributed by atoms with van der Waals surface area (Å²) in [5.41, 5.74) is 0.754. The topological polar surface area (TPSA) is 84.7 Å². The summed E-state index contributed by atoms with van der Waals surface area (Å²) in [4.78, 5) is 23.5. The third kappa shape index (κ3) is 4.70. The van der Waals surface area contributed by atoms with Crippen molar-refractivity contribution < 1.29 is 14.5 Å². The summed E-state index contributed by atoms with van der Waals surface area (Å²) in [6.07, 6.45) is 1.76. The number of nitro groups is 1. The van der Waals surface area contributed by atoms with Crippen molar-refractivity contribution in [2.24, 2.45) is 5.92 Å². The molecule has 1 atom stereocenters. The molecule has 1 N–H and O–H groups in total. The summed E-state index contributed by atoms with van der Waals surface area (Å²) < 4.78 is 5.21. The zero-order chi connectivity index (χ0) is 15.9. The molecule has 0 radical (unpaired) electrons.